The average molecular weight is 541 g/mol. The molecule has 1 N–H and O–H groups in total. The van der Waals surface area contributed by atoms with Gasteiger partial charge in [-0.05, 0) is 111 Å². The Balaban J connectivity index is 1.32. The SMILES string of the molecule is COc1ccc([C@H]2CC[C@H](CN(c3cccc(C#Cc4cn(C)nn4)c3)C(=O)[C@H]3CC[C@H](O)CC3)CC2)cc1C. The van der Waals surface area contributed by atoms with E-state index < -0.39 is 0 Å². The highest BCUT2D eigenvalue weighted by molar-refractivity contribution is 5.95. The van der Waals surface area contributed by atoms with Gasteiger partial charge in [0.05, 0.1) is 19.4 Å². The van der Waals surface area contributed by atoms with Crippen molar-refractivity contribution in [1.82, 2.24) is 15.0 Å². The van der Waals surface area contributed by atoms with Crippen LogP contribution < -0.4 is 9.64 Å². The fourth-order valence-corrected chi connectivity index (χ4v) is 6.25. The zero-order valence-corrected chi connectivity index (χ0v) is 23.8. The average Bonchev–Trinajstić information content (AvgIpc) is 3.40. The molecule has 210 valence electrons. The van der Waals surface area contributed by atoms with Crippen molar-refractivity contribution in [2.45, 2.75) is 70.3 Å². The predicted molar refractivity (Wildman–Crippen MR) is 156 cm³/mol. The molecule has 0 spiro atoms. The molecule has 5 rings (SSSR count). The van der Waals surface area contributed by atoms with Crippen molar-refractivity contribution >= 4 is 11.6 Å². The van der Waals surface area contributed by atoms with E-state index in [2.05, 4.69) is 47.3 Å². The van der Waals surface area contributed by atoms with Gasteiger partial charge < -0.3 is 14.7 Å². The molecule has 0 atom stereocenters. The van der Waals surface area contributed by atoms with E-state index in [9.17, 15) is 9.90 Å². The molecule has 0 radical (unpaired) electrons. The van der Waals surface area contributed by atoms with Crippen molar-refractivity contribution in [3.05, 3.63) is 71.0 Å². The Morgan fingerprint density at radius 1 is 1.05 bits per heavy atom. The highest BCUT2D eigenvalue weighted by Gasteiger charge is 2.32. The molecule has 0 unspecified atom stereocenters. The molecule has 2 fully saturated rings. The zero-order valence-electron chi connectivity index (χ0n) is 23.8. The molecule has 2 aliphatic rings. The first kappa shape index (κ1) is 27.9. The lowest BCUT2D eigenvalue weighted by Gasteiger charge is -2.36. The van der Waals surface area contributed by atoms with E-state index in [0.717, 1.165) is 55.5 Å². The number of benzene rings is 2. The van der Waals surface area contributed by atoms with Crippen LogP contribution in [0.5, 0.6) is 5.75 Å². The van der Waals surface area contributed by atoms with Gasteiger partial charge in [0.1, 0.15) is 5.75 Å². The van der Waals surface area contributed by atoms with Crippen LogP contribution in [0.15, 0.2) is 48.7 Å². The predicted octanol–water partition coefficient (Wildman–Crippen LogP) is 5.39. The number of carbonyl (C=O) groups is 1. The molecule has 0 saturated heterocycles. The Bertz CT molecular complexity index is 1370. The number of aryl methyl sites for hydroxylation is 2. The van der Waals surface area contributed by atoms with Crippen LogP contribution in [0.25, 0.3) is 0 Å². The Morgan fingerprint density at radius 3 is 2.50 bits per heavy atom. The number of rotatable bonds is 6. The monoisotopic (exact) mass is 540 g/mol. The minimum absolute atomic E-state index is 0.0450. The molecule has 7 nitrogen and oxygen atoms in total. The molecule has 1 aromatic heterocycles. The van der Waals surface area contributed by atoms with Gasteiger partial charge in [0, 0.05) is 30.8 Å². The first-order valence-corrected chi connectivity index (χ1v) is 14.5. The van der Waals surface area contributed by atoms with E-state index in [1.807, 2.05) is 36.2 Å². The highest BCUT2D eigenvalue weighted by Crippen LogP contribution is 2.38. The quantitative estimate of drug-likeness (QED) is 0.424. The molecule has 7 heteroatoms. The minimum Gasteiger partial charge on any atom is -0.496 e. The summed E-state index contributed by atoms with van der Waals surface area (Å²) in [5.41, 5.74) is 4.93. The van der Waals surface area contributed by atoms with Crippen molar-refractivity contribution in [2.24, 2.45) is 18.9 Å². The number of hydrogen-bond donors (Lipinski definition) is 1. The Hall–Kier alpha value is -3.63. The maximum absolute atomic E-state index is 13.9. The molecular weight excluding hydrogens is 500 g/mol. The normalized spacial score (nSPS) is 22.7. The first-order chi connectivity index (χ1) is 19.4. The van der Waals surface area contributed by atoms with Gasteiger partial charge in [0.25, 0.3) is 0 Å². The van der Waals surface area contributed by atoms with Crippen molar-refractivity contribution in [1.29, 1.82) is 0 Å². The van der Waals surface area contributed by atoms with Gasteiger partial charge in [-0.2, -0.15) is 0 Å². The van der Waals surface area contributed by atoms with Crippen LogP contribution in [0.3, 0.4) is 0 Å². The lowest BCUT2D eigenvalue weighted by molar-refractivity contribution is -0.124. The maximum atomic E-state index is 13.9. The second-order valence-corrected chi connectivity index (χ2v) is 11.5. The Labute approximate surface area is 237 Å². The van der Waals surface area contributed by atoms with Crippen molar-refractivity contribution < 1.29 is 14.6 Å². The summed E-state index contributed by atoms with van der Waals surface area (Å²) in [6.45, 7) is 2.82. The summed E-state index contributed by atoms with van der Waals surface area (Å²) in [6, 6.07) is 14.5. The van der Waals surface area contributed by atoms with Gasteiger partial charge in [0.2, 0.25) is 5.91 Å². The van der Waals surface area contributed by atoms with Crippen LogP contribution >= 0.6 is 0 Å². The highest BCUT2D eigenvalue weighted by atomic mass is 16.5. The number of aliphatic hydroxyl groups is 1. The molecule has 2 aromatic carbocycles. The molecular formula is C33H40N4O3. The van der Waals surface area contributed by atoms with Crippen molar-refractivity contribution in [3.8, 4) is 17.6 Å². The van der Waals surface area contributed by atoms with Crippen LogP contribution in [0.2, 0.25) is 0 Å². The van der Waals surface area contributed by atoms with Crippen LogP contribution in [0.1, 0.15) is 79.7 Å². The van der Waals surface area contributed by atoms with Crippen molar-refractivity contribution in [2.75, 3.05) is 18.6 Å². The largest absolute Gasteiger partial charge is 0.496 e. The van der Waals surface area contributed by atoms with E-state index in [1.165, 1.54) is 11.1 Å². The topological polar surface area (TPSA) is 80.5 Å². The summed E-state index contributed by atoms with van der Waals surface area (Å²) in [5.74, 6) is 8.33. The van der Waals surface area contributed by atoms with Gasteiger partial charge in [-0.3, -0.25) is 9.48 Å². The molecule has 1 heterocycles. The van der Waals surface area contributed by atoms with E-state index in [0.29, 0.717) is 36.9 Å². The standard InChI is InChI=1S/C33H40N4O3/c1-23-19-28(14-18-32(23)40-3)26-10-7-25(8-11-26)21-37(33(39)27-12-16-31(38)17-13-27)30-6-4-5-24(20-30)9-15-29-22-36(2)35-34-29/h4-6,14,18-20,22,25-27,31,38H,7-8,10-13,16-17,21H2,1-3H3/t25-,26-,27-,31-. The number of methoxy groups -OCH3 is 1. The summed E-state index contributed by atoms with van der Waals surface area (Å²) in [5, 5.41) is 18.0. The van der Waals surface area contributed by atoms with Crippen LogP contribution in [0.4, 0.5) is 5.69 Å². The number of amides is 1. The summed E-state index contributed by atoms with van der Waals surface area (Å²) >= 11 is 0. The van der Waals surface area contributed by atoms with Crippen LogP contribution in [-0.4, -0.2) is 45.8 Å². The Kier molecular flexibility index (Phi) is 8.86. The molecule has 0 bridgehead atoms. The third kappa shape index (κ3) is 6.74. The molecule has 0 aliphatic heterocycles. The Morgan fingerprint density at radius 2 is 1.82 bits per heavy atom. The smallest absolute Gasteiger partial charge is 0.230 e. The number of aromatic nitrogens is 3. The third-order valence-electron chi connectivity index (χ3n) is 8.59. The number of ether oxygens (including phenoxy) is 1. The lowest BCUT2D eigenvalue weighted by Crippen LogP contribution is -2.41. The summed E-state index contributed by atoms with van der Waals surface area (Å²) < 4.78 is 7.08. The fraction of sp³-hybridized carbons (Fsp3) is 0.485. The molecule has 1 amide bonds. The number of hydrogen-bond acceptors (Lipinski definition) is 5. The summed E-state index contributed by atoms with van der Waals surface area (Å²) in [4.78, 5) is 15.9. The minimum atomic E-state index is -0.283. The summed E-state index contributed by atoms with van der Waals surface area (Å²) in [6.07, 6.45) is 8.81. The van der Waals surface area contributed by atoms with Crippen LogP contribution in [0, 0.1) is 30.6 Å². The second-order valence-electron chi connectivity index (χ2n) is 11.5. The third-order valence-corrected chi connectivity index (χ3v) is 8.59. The number of nitrogens with zero attached hydrogens (tertiary/aromatic N) is 4. The zero-order chi connectivity index (χ0) is 28.1. The van der Waals surface area contributed by atoms with Gasteiger partial charge in [-0.1, -0.05) is 29.3 Å². The van der Waals surface area contributed by atoms with E-state index in [-0.39, 0.29) is 17.9 Å². The van der Waals surface area contributed by atoms with Gasteiger partial charge in [-0.15, -0.1) is 5.10 Å². The van der Waals surface area contributed by atoms with E-state index >= 15 is 0 Å². The number of anilines is 1. The first-order valence-electron chi connectivity index (χ1n) is 14.5. The molecule has 2 saturated carbocycles. The number of carbonyl (C=O) groups excluding carboxylic acids is 1. The summed E-state index contributed by atoms with van der Waals surface area (Å²) in [7, 11) is 3.54. The number of aliphatic hydroxyl groups excluding tert-OH is 1. The maximum Gasteiger partial charge on any atom is 0.230 e. The van der Waals surface area contributed by atoms with Gasteiger partial charge in [-0.25, -0.2) is 0 Å². The van der Waals surface area contributed by atoms with E-state index in [1.54, 1.807) is 18.0 Å². The molecule has 2 aliphatic carbocycles. The molecule has 3 aromatic rings. The van der Waals surface area contributed by atoms with Gasteiger partial charge in [0.15, 0.2) is 5.69 Å². The lowest BCUT2D eigenvalue weighted by atomic mass is 9.78. The van der Waals surface area contributed by atoms with Gasteiger partial charge >= 0.3 is 0 Å². The van der Waals surface area contributed by atoms with Crippen LogP contribution in [-0.2, 0) is 11.8 Å². The second kappa shape index (κ2) is 12.7. The fourth-order valence-electron chi connectivity index (χ4n) is 6.25. The molecule has 40 heavy (non-hydrogen) atoms. The van der Waals surface area contributed by atoms with E-state index in [4.69, 9.17) is 4.74 Å². The van der Waals surface area contributed by atoms with Crippen molar-refractivity contribution in [3.63, 3.8) is 0 Å².